The Morgan fingerprint density at radius 3 is 2.15 bits per heavy atom. The molecule has 0 radical (unpaired) electrons. The van der Waals surface area contributed by atoms with Crippen LogP contribution in [0.3, 0.4) is 0 Å². The lowest BCUT2D eigenvalue weighted by Crippen LogP contribution is -2.05. The Hall–Kier alpha value is -1.90. The zero-order valence-electron chi connectivity index (χ0n) is 13.0. The van der Waals surface area contributed by atoms with Gasteiger partial charge < -0.3 is 5.32 Å². The van der Waals surface area contributed by atoms with E-state index in [2.05, 4.69) is 57.1 Å². The molecule has 0 saturated carbocycles. The molecule has 0 spiro atoms. The highest BCUT2D eigenvalue weighted by Crippen LogP contribution is 2.27. The number of benzene rings is 1. The average Bonchev–Trinajstić information content (AvgIpc) is 2.37. The standard InChI is InChI=1S/C17H23N3/c1-6-14-10-15(18-7-2)20-17(19-14)16-12(4)8-11(3)9-13(16)5/h8-10H,6-7H2,1-5H3,(H,18,19,20). The lowest BCUT2D eigenvalue weighted by Gasteiger charge is -2.13. The quantitative estimate of drug-likeness (QED) is 0.909. The molecule has 3 heteroatoms. The molecule has 0 aliphatic heterocycles. The minimum atomic E-state index is 0.829. The zero-order chi connectivity index (χ0) is 14.7. The van der Waals surface area contributed by atoms with E-state index in [1.165, 1.54) is 16.7 Å². The Bertz CT molecular complexity index is 595. The summed E-state index contributed by atoms with van der Waals surface area (Å²) in [6.07, 6.45) is 0.915. The summed E-state index contributed by atoms with van der Waals surface area (Å²) in [7, 11) is 0. The topological polar surface area (TPSA) is 37.8 Å². The molecule has 0 saturated heterocycles. The summed E-state index contributed by atoms with van der Waals surface area (Å²) in [5, 5.41) is 3.29. The summed E-state index contributed by atoms with van der Waals surface area (Å²) in [4.78, 5) is 9.38. The molecule has 0 bridgehead atoms. The van der Waals surface area contributed by atoms with Crippen LogP contribution in [0.15, 0.2) is 18.2 Å². The molecule has 0 unspecified atom stereocenters. The van der Waals surface area contributed by atoms with Crippen LogP contribution < -0.4 is 5.32 Å². The number of anilines is 1. The van der Waals surface area contributed by atoms with E-state index in [0.717, 1.165) is 35.9 Å². The van der Waals surface area contributed by atoms with E-state index in [1.54, 1.807) is 0 Å². The zero-order valence-corrected chi connectivity index (χ0v) is 13.0. The number of rotatable bonds is 4. The highest BCUT2D eigenvalue weighted by molar-refractivity contribution is 5.66. The first-order valence-corrected chi connectivity index (χ1v) is 7.25. The molecule has 2 aromatic rings. The van der Waals surface area contributed by atoms with Gasteiger partial charge in [-0.05, 0) is 45.2 Å². The molecular weight excluding hydrogens is 246 g/mol. The molecule has 106 valence electrons. The van der Waals surface area contributed by atoms with Crippen molar-refractivity contribution < 1.29 is 0 Å². The third-order valence-electron chi connectivity index (χ3n) is 3.40. The van der Waals surface area contributed by atoms with Crippen molar-refractivity contribution in [3.63, 3.8) is 0 Å². The van der Waals surface area contributed by atoms with Crippen molar-refractivity contribution in [2.75, 3.05) is 11.9 Å². The average molecular weight is 269 g/mol. The molecule has 1 N–H and O–H groups in total. The lowest BCUT2D eigenvalue weighted by atomic mass is 9.99. The van der Waals surface area contributed by atoms with Crippen molar-refractivity contribution >= 4 is 5.82 Å². The van der Waals surface area contributed by atoms with Gasteiger partial charge in [0.05, 0.1) is 0 Å². The minimum Gasteiger partial charge on any atom is -0.370 e. The monoisotopic (exact) mass is 269 g/mol. The first-order chi connectivity index (χ1) is 9.55. The van der Waals surface area contributed by atoms with Gasteiger partial charge in [0.2, 0.25) is 0 Å². The second kappa shape index (κ2) is 6.04. The van der Waals surface area contributed by atoms with E-state index in [1.807, 2.05) is 6.07 Å². The van der Waals surface area contributed by atoms with Crippen molar-refractivity contribution in [1.82, 2.24) is 9.97 Å². The molecule has 0 aliphatic carbocycles. The number of nitrogens with zero attached hydrogens (tertiary/aromatic N) is 2. The largest absolute Gasteiger partial charge is 0.370 e. The van der Waals surface area contributed by atoms with Crippen LogP contribution in [0.2, 0.25) is 0 Å². The smallest absolute Gasteiger partial charge is 0.162 e. The predicted octanol–water partition coefficient (Wildman–Crippen LogP) is 4.06. The van der Waals surface area contributed by atoms with E-state index in [4.69, 9.17) is 4.98 Å². The molecular formula is C17H23N3. The Morgan fingerprint density at radius 2 is 1.60 bits per heavy atom. The summed E-state index contributed by atoms with van der Waals surface area (Å²) in [6.45, 7) is 11.4. The molecule has 2 rings (SSSR count). The first kappa shape index (κ1) is 14.5. The number of aromatic nitrogens is 2. The molecule has 0 amide bonds. The maximum atomic E-state index is 4.70. The minimum absolute atomic E-state index is 0.829. The van der Waals surface area contributed by atoms with Gasteiger partial charge in [0.25, 0.3) is 0 Å². The SMILES string of the molecule is CCNc1cc(CC)nc(-c2c(C)cc(C)cc2C)n1. The summed E-state index contributed by atoms with van der Waals surface area (Å²) in [5.41, 5.74) is 5.98. The van der Waals surface area contributed by atoms with Crippen LogP contribution in [-0.2, 0) is 6.42 Å². The van der Waals surface area contributed by atoms with Gasteiger partial charge in [0.15, 0.2) is 5.82 Å². The molecule has 3 nitrogen and oxygen atoms in total. The van der Waals surface area contributed by atoms with Gasteiger partial charge in [0, 0.05) is 23.9 Å². The van der Waals surface area contributed by atoms with Crippen LogP contribution in [-0.4, -0.2) is 16.5 Å². The van der Waals surface area contributed by atoms with E-state index in [-0.39, 0.29) is 0 Å². The number of nitrogens with one attached hydrogen (secondary N) is 1. The fourth-order valence-electron chi connectivity index (χ4n) is 2.59. The maximum absolute atomic E-state index is 4.70. The second-order valence-electron chi connectivity index (χ2n) is 5.23. The number of hydrogen-bond donors (Lipinski definition) is 1. The number of aryl methyl sites for hydroxylation is 4. The number of hydrogen-bond acceptors (Lipinski definition) is 3. The Balaban J connectivity index is 2.60. The highest BCUT2D eigenvalue weighted by atomic mass is 15.0. The van der Waals surface area contributed by atoms with Crippen molar-refractivity contribution in [3.05, 3.63) is 40.6 Å². The molecule has 1 heterocycles. The van der Waals surface area contributed by atoms with Crippen molar-refractivity contribution in [3.8, 4) is 11.4 Å². The van der Waals surface area contributed by atoms with Crippen LogP contribution in [0, 0.1) is 20.8 Å². The summed E-state index contributed by atoms with van der Waals surface area (Å²) < 4.78 is 0. The Morgan fingerprint density at radius 1 is 0.950 bits per heavy atom. The third kappa shape index (κ3) is 2.98. The molecule has 0 aliphatic rings. The fourth-order valence-corrected chi connectivity index (χ4v) is 2.59. The molecule has 0 fully saturated rings. The first-order valence-electron chi connectivity index (χ1n) is 7.25. The summed E-state index contributed by atoms with van der Waals surface area (Å²) >= 11 is 0. The predicted molar refractivity (Wildman–Crippen MR) is 85.2 cm³/mol. The van der Waals surface area contributed by atoms with Gasteiger partial charge >= 0.3 is 0 Å². The normalized spacial score (nSPS) is 10.7. The van der Waals surface area contributed by atoms with Gasteiger partial charge in [-0.15, -0.1) is 0 Å². The van der Waals surface area contributed by atoms with Crippen molar-refractivity contribution in [2.24, 2.45) is 0 Å². The van der Waals surface area contributed by atoms with Crippen LogP contribution in [0.4, 0.5) is 5.82 Å². The van der Waals surface area contributed by atoms with E-state index < -0.39 is 0 Å². The van der Waals surface area contributed by atoms with E-state index >= 15 is 0 Å². The molecule has 1 aromatic carbocycles. The molecule has 0 atom stereocenters. The fraction of sp³-hybridized carbons (Fsp3) is 0.412. The van der Waals surface area contributed by atoms with E-state index in [9.17, 15) is 0 Å². The van der Waals surface area contributed by atoms with Crippen molar-refractivity contribution in [1.29, 1.82) is 0 Å². The van der Waals surface area contributed by atoms with Gasteiger partial charge in [-0.2, -0.15) is 0 Å². The van der Waals surface area contributed by atoms with Gasteiger partial charge in [-0.25, -0.2) is 9.97 Å². The van der Waals surface area contributed by atoms with Crippen LogP contribution in [0.1, 0.15) is 36.2 Å². The van der Waals surface area contributed by atoms with Crippen LogP contribution in [0.25, 0.3) is 11.4 Å². The highest BCUT2D eigenvalue weighted by Gasteiger charge is 2.11. The second-order valence-corrected chi connectivity index (χ2v) is 5.23. The third-order valence-corrected chi connectivity index (χ3v) is 3.40. The van der Waals surface area contributed by atoms with Crippen LogP contribution >= 0.6 is 0 Å². The maximum Gasteiger partial charge on any atom is 0.162 e. The Kier molecular flexibility index (Phi) is 4.38. The lowest BCUT2D eigenvalue weighted by molar-refractivity contribution is 0.995. The Labute approximate surface area is 121 Å². The van der Waals surface area contributed by atoms with Gasteiger partial charge in [0.1, 0.15) is 5.82 Å². The van der Waals surface area contributed by atoms with Gasteiger partial charge in [-0.3, -0.25) is 0 Å². The summed E-state index contributed by atoms with van der Waals surface area (Å²) in [6, 6.07) is 6.42. The van der Waals surface area contributed by atoms with Crippen LogP contribution in [0.5, 0.6) is 0 Å². The van der Waals surface area contributed by atoms with Gasteiger partial charge in [-0.1, -0.05) is 24.6 Å². The van der Waals surface area contributed by atoms with E-state index in [0.29, 0.717) is 0 Å². The van der Waals surface area contributed by atoms with Crippen molar-refractivity contribution in [2.45, 2.75) is 41.0 Å². The molecule has 20 heavy (non-hydrogen) atoms. The summed E-state index contributed by atoms with van der Waals surface area (Å²) in [5.74, 6) is 1.74. The molecule has 1 aromatic heterocycles.